The van der Waals surface area contributed by atoms with E-state index < -0.39 is 0 Å². The van der Waals surface area contributed by atoms with Gasteiger partial charge in [-0.25, -0.2) is 4.98 Å². The molecule has 1 fully saturated rings. The monoisotopic (exact) mass is 252 g/mol. The summed E-state index contributed by atoms with van der Waals surface area (Å²) in [5.41, 5.74) is 0.638. The number of rotatable bonds is 1. The minimum absolute atomic E-state index is 0.0729. The highest BCUT2D eigenvalue weighted by Crippen LogP contribution is 2.19. The molecule has 17 heavy (non-hydrogen) atoms. The summed E-state index contributed by atoms with van der Waals surface area (Å²) in [6.45, 7) is 2.96. The molecule has 1 amide bonds. The number of likely N-dealkylation sites (tertiary alicyclic amines) is 1. The standard InChI is InChI=1S/C13H17ClN2O/c1-10-5-3-2-4-8-16(10)13(17)11-6-7-15-12(14)9-11/h6-7,9-10H,2-5,8H2,1H3. The van der Waals surface area contributed by atoms with Crippen LogP contribution in [0.3, 0.4) is 0 Å². The molecule has 3 nitrogen and oxygen atoms in total. The van der Waals surface area contributed by atoms with Crippen molar-refractivity contribution in [2.75, 3.05) is 6.54 Å². The quantitative estimate of drug-likeness (QED) is 0.720. The van der Waals surface area contributed by atoms with Crippen LogP contribution >= 0.6 is 11.6 Å². The Balaban J connectivity index is 2.18. The van der Waals surface area contributed by atoms with Crippen LogP contribution in [-0.4, -0.2) is 28.4 Å². The van der Waals surface area contributed by atoms with Crippen molar-refractivity contribution in [2.24, 2.45) is 0 Å². The van der Waals surface area contributed by atoms with Crippen LogP contribution in [0.25, 0.3) is 0 Å². The Morgan fingerprint density at radius 3 is 3.06 bits per heavy atom. The van der Waals surface area contributed by atoms with E-state index in [1.54, 1.807) is 18.3 Å². The normalized spacial score (nSPS) is 21.1. The molecular weight excluding hydrogens is 236 g/mol. The SMILES string of the molecule is CC1CCCCCN1C(=O)c1ccnc(Cl)c1. The molecule has 1 unspecified atom stereocenters. The first-order valence-electron chi connectivity index (χ1n) is 6.11. The van der Waals surface area contributed by atoms with Gasteiger partial charge in [-0.05, 0) is 31.9 Å². The van der Waals surface area contributed by atoms with Crippen molar-refractivity contribution >= 4 is 17.5 Å². The maximum absolute atomic E-state index is 12.4. The van der Waals surface area contributed by atoms with Gasteiger partial charge in [0.05, 0.1) is 0 Å². The van der Waals surface area contributed by atoms with Gasteiger partial charge < -0.3 is 4.90 Å². The number of carbonyl (C=O) groups excluding carboxylic acids is 1. The summed E-state index contributed by atoms with van der Waals surface area (Å²) < 4.78 is 0. The van der Waals surface area contributed by atoms with E-state index in [-0.39, 0.29) is 5.91 Å². The lowest BCUT2D eigenvalue weighted by molar-refractivity contribution is 0.0698. The molecule has 2 rings (SSSR count). The molecule has 2 heterocycles. The average molecular weight is 253 g/mol. The van der Waals surface area contributed by atoms with Gasteiger partial charge in [-0.1, -0.05) is 24.4 Å². The molecule has 0 spiro atoms. The minimum atomic E-state index is 0.0729. The summed E-state index contributed by atoms with van der Waals surface area (Å²) in [6.07, 6.45) is 6.19. The van der Waals surface area contributed by atoms with E-state index in [0.717, 1.165) is 19.4 Å². The molecule has 4 heteroatoms. The van der Waals surface area contributed by atoms with Crippen LogP contribution in [0, 0.1) is 0 Å². The largest absolute Gasteiger partial charge is 0.336 e. The lowest BCUT2D eigenvalue weighted by Gasteiger charge is -2.27. The molecule has 1 aliphatic heterocycles. The Morgan fingerprint density at radius 1 is 1.47 bits per heavy atom. The molecular formula is C13H17ClN2O. The smallest absolute Gasteiger partial charge is 0.254 e. The number of nitrogens with zero attached hydrogens (tertiary/aromatic N) is 2. The van der Waals surface area contributed by atoms with Crippen LogP contribution < -0.4 is 0 Å². The Labute approximate surface area is 107 Å². The number of amides is 1. The molecule has 0 N–H and O–H groups in total. The van der Waals surface area contributed by atoms with Crippen molar-refractivity contribution in [1.82, 2.24) is 9.88 Å². The Bertz CT molecular complexity index is 408. The van der Waals surface area contributed by atoms with Crippen molar-refractivity contribution in [3.05, 3.63) is 29.0 Å². The average Bonchev–Trinajstić information content (AvgIpc) is 2.53. The van der Waals surface area contributed by atoms with Gasteiger partial charge >= 0.3 is 0 Å². The summed E-state index contributed by atoms with van der Waals surface area (Å²) >= 11 is 5.81. The second-order valence-electron chi connectivity index (χ2n) is 4.56. The van der Waals surface area contributed by atoms with Crippen LogP contribution in [0.5, 0.6) is 0 Å². The fraction of sp³-hybridized carbons (Fsp3) is 0.538. The number of pyridine rings is 1. The molecule has 1 aromatic rings. The molecule has 0 bridgehead atoms. The lowest BCUT2D eigenvalue weighted by atomic mass is 10.1. The van der Waals surface area contributed by atoms with Crippen molar-refractivity contribution < 1.29 is 4.79 Å². The Kier molecular flexibility index (Phi) is 4.00. The summed E-state index contributed by atoms with van der Waals surface area (Å²) in [7, 11) is 0. The van der Waals surface area contributed by atoms with Gasteiger partial charge in [-0.2, -0.15) is 0 Å². The molecule has 0 saturated carbocycles. The van der Waals surface area contributed by atoms with Gasteiger partial charge in [0.1, 0.15) is 5.15 Å². The summed E-state index contributed by atoms with van der Waals surface area (Å²) in [5, 5.41) is 0.373. The number of aromatic nitrogens is 1. The van der Waals surface area contributed by atoms with Crippen LogP contribution in [0.15, 0.2) is 18.3 Å². The second-order valence-corrected chi connectivity index (χ2v) is 4.95. The first-order chi connectivity index (χ1) is 8.18. The highest BCUT2D eigenvalue weighted by atomic mass is 35.5. The van der Waals surface area contributed by atoms with Gasteiger partial charge in [0, 0.05) is 24.3 Å². The fourth-order valence-electron chi connectivity index (χ4n) is 2.28. The number of hydrogen-bond donors (Lipinski definition) is 0. The topological polar surface area (TPSA) is 33.2 Å². The molecule has 0 aliphatic carbocycles. The highest BCUT2D eigenvalue weighted by Gasteiger charge is 2.23. The van der Waals surface area contributed by atoms with Crippen molar-refractivity contribution in [3.8, 4) is 0 Å². The third-order valence-corrected chi connectivity index (χ3v) is 3.49. The van der Waals surface area contributed by atoms with Gasteiger partial charge in [0.15, 0.2) is 0 Å². The van der Waals surface area contributed by atoms with E-state index in [1.807, 2.05) is 4.90 Å². The molecule has 1 aromatic heterocycles. The fourth-order valence-corrected chi connectivity index (χ4v) is 2.45. The van der Waals surface area contributed by atoms with Crippen LogP contribution in [0.4, 0.5) is 0 Å². The van der Waals surface area contributed by atoms with E-state index in [0.29, 0.717) is 16.8 Å². The van der Waals surface area contributed by atoms with Crippen molar-refractivity contribution in [3.63, 3.8) is 0 Å². The zero-order valence-corrected chi connectivity index (χ0v) is 10.8. The highest BCUT2D eigenvalue weighted by molar-refractivity contribution is 6.29. The maximum atomic E-state index is 12.4. The van der Waals surface area contributed by atoms with Crippen molar-refractivity contribution in [1.29, 1.82) is 0 Å². The van der Waals surface area contributed by atoms with Gasteiger partial charge in [0.2, 0.25) is 0 Å². The maximum Gasteiger partial charge on any atom is 0.254 e. The summed E-state index contributed by atoms with van der Waals surface area (Å²) in [4.78, 5) is 18.2. The molecule has 0 radical (unpaired) electrons. The third kappa shape index (κ3) is 2.97. The van der Waals surface area contributed by atoms with E-state index in [4.69, 9.17) is 11.6 Å². The van der Waals surface area contributed by atoms with Gasteiger partial charge in [-0.3, -0.25) is 4.79 Å². The Morgan fingerprint density at radius 2 is 2.29 bits per heavy atom. The van der Waals surface area contributed by atoms with Crippen LogP contribution in [0.1, 0.15) is 43.0 Å². The third-order valence-electron chi connectivity index (χ3n) is 3.29. The summed E-state index contributed by atoms with van der Waals surface area (Å²) in [5.74, 6) is 0.0729. The predicted octanol–water partition coefficient (Wildman–Crippen LogP) is 3.14. The summed E-state index contributed by atoms with van der Waals surface area (Å²) in [6, 6.07) is 3.68. The Hall–Kier alpha value is -1.09. The number of hydrogen-bond acceptors (Lipinski definition) is 2. The van der Waals surface area contributed by atoms with E-state index in [2.05, 4.69) is 11.9 Å². The predicted molar refractivity (Wildman–Crippen MR) is 68.2 cm³/mol. The molecule has 1 atom stereocenters. The first-order valence-corrected chi connectivity index (χ1v) is 6.49. The van der Waals surface area contributed by atoms with Crippen molar-refractivity contribution in [2.45, 2.75) is 38.6 Å². The zero-order chi connectivity index (χ0) is 12.3. The molecule has 1 aliphatic rings. The van der Waals surface area contributed by atoms with E-state index in [9.17, 15) is 4.79 Å². The second kappa shape index (κ2) is 5.50. The number of halogens is 1. The minimum Gasteiger partial charge on any atom is -0.336 e. The molecule has 92 valence electrons. The molecule has 1 saturated heterocycles. The van der Waals surface area contributed by atoms with Gasteiger partial charge in [-0.15, -0.1) is 0 Å². The lowest BCUT2D eigenvalue weighted by Crippen LogP contribution is -2.38. The van der Waals surface area contributed by atoms with E-state index >= 15 is 0 Å². The zero-order valence-electron chi connectivity index (χ0n) is 10.0. The number of carbonyl (C=O) groups is 1. The van der Waals surface area contributed by atoms with Crippen LogP contribution in [-0.2, 0) is 0 Å². The molecule has 0 aromatic carbocycles. The first kappa shape index (κ1) is 12.4. The van der Waals surface area contributed by atoms with Gasteiger partial charge in [0.25, 0.3) is 5.91 Å². The van der Waals surface area contributed by atoms with Crippen LogP contribution in [0.2, 0.25) is 5.15 Å². The van der Waals surface area contributed by atoms with E-state index in [1.165, 1.54) is 12.8 Å².